The van der Waals surface area contributed by atoms with Gasteiger partial charge in [0.15, 0.2) is 0 Å². The minimum atomic E-state index is -0.232. The van der Waals surface area contributed by atoms with Crippen molar-refractivity contribution in [2.45, 2.75) is 78.1 Å². The molecule has 0 aliphatic rings. The molecule has 0 bridgehead atoms. The predicted molar refractivity (Wildman–Crippen MR) is 76.2 cm³/mol. The summed E-state index contributed by atoms with van der Waals surface area (Å²) in [6.45, 7) is 4.54. The zero-order valence-corrected chi connectivity index (χ0v) is 12.5. The Morgan fingerprint density at radius 1 is 0.889 bits per heavy atom. The minimum absolute atomic E-state index is 0.232. The Morgan fingerprint density at radius 2 is 1.33 bits per heavy atom. The lowest BCUT2D eigenvalue weighted by Gasteiger charge is -2.14. The van der Waals surface area contributed by atoms with Crippen LogP contribution in [0.1, 0.15) is 78.1 Å². The Kier molecular flexibility index (Phi) is 12.5. The molecule has 0 radical (unpaired) electrons. The van der Waals surface area contributed by atoms with Crippen LogP contribution in [0.2, 0.25) is 0 Å². The largest absolute Gasteiger partial charge is 0.369 e. The molecule has 0 aliphatic carbocycles. The maximum absolute atomic E-state index is 10.7. The van der Waals surface area contributed by atoms with Crippen LogP contribution in [0.15, 0.2) is 0 Å². The monoisotopic (exact) mass is 257 g/mol. The lowest BCUT2D eigenvalue weighted by atomic mass is 10.1. The van der Waals surface area contributed by atoms with E-state index in [2.05, 4.69) is 6.92 Å². The summed E-state index contributed by atoms with van der Waals surface area (Å²) in [5.41, 5.74) is 0. The maximum Gasteiger partial charge on any atom is 0.322 e. The molecule has 3 nitrogen and oxygen atoms in total. The molecular formula is C15H31NO2. The topological polar surface area (TPSA) is 29.5 Å². The molecule has 0 heterocycles. The molecule has 0 aliphatic heterocycles. The van der Waals surface area contributed by atoms with Crippen LogP contribution in [0.25, 0.3) is 0 Å². The molecule has 0 atom stereocenters. The van der Waals surface area contributed by atoms with Crippen LogP contribution in [0, 0.1) is 0 Å². The number of hydroxylamine groups is 2. The van der Waals surface area contributed by atoms with Gasteiger partial charge in [0.1, 0.15) is 0 Å². The lowest BCUT2D eigenvalue weighted by molar-refractivity contribution is -0.181. The van der Waals surface area contributed by atoms with Crippen molar-refractivity contribution in [2.75, 3.05) is 13.6 Å². The fraction of sp³-hybridized carbons (Fsp3) is 0.933. The average molecular weight is 257 g/mol. The third-order valence-corrected chi connectivity index (χ3v) is 3.11. The highest BCUT2D eigenvalue weighted by Crippen LogP contribution is 2.10. The quantitative estimate of drug-likeness (QED) is 0.385. The van der Waals surface area contributed by atoms with Crippen LogP contribution in [0.5, 0.6) is 0 Å². The van der Waals surface area contributed by atoms with E-state index in [4.69, 9.17) is 4.84 Å². The van der Waals surface area contributed by atoms with Crippen LogP contribution in [-0.4, -0.2) is 24.6 Å². The molecule has 3 heteroatoms. The molecule has 0 amide bonds. The fourth-order valence-corrected chi connectivity index (χ4v) is 2.09. The molecular weight excluding hydrogens is 226 g/mol. The summed E-state index contributed by atoms with van der Waals surface area (Å²) in [6.07, 6.45) is 13.3. The van der Waals surface area contributed by atoms with Gasteiger partial charge in [-0.1, -0.05) is 64.7 Å². The van der Waals surface area contributed by atoms with E-state index in [0.717, 1.165) is 13.0 Å². The van der Waals surface area contributed by atoms with Crippen LogP contribution < -0.4 is 0 Å². The summed E-state index contributed by atoms with van der Waals surface area (Å²) >= 11 is 0. The zero-order chi connectivity index (χ0) is 13.6. The Hall–Kier alpha value is -0.570. The Morgan fingerprint density at radius 3 is 1.78 bits per heavy atom. The van der Waals surface area contributed by atoms with Crippen LogP contribution >= 0.6 is 0 Å². The van der Waals surface area contributed by atoms with Gasteiger partial charge in [-0.05, 0) is 6.42 Å². The first kappa shape index (κ1) is 17.4. The number of carbonyl (C=O) groups is 1. The average Bonchev–Trinajstić information content (AvgIpc) is 2.30. The molecule has 0 unspecified atom stereocenters. The van der Waals surface area contributed by atoms with Gasteiger partial charge >= 0.3 is 5.97 Å². The SMILES string of the molecule is CCCCCCCCCCCCN(C)OC(C)=O. The highest BCUT2D eigenvalue weighted by atomic mass is 16.7. The zero-order valence-electron chi connectivity index (χ0n) is 12.5. The predicted octanol–water partition coefficient (Wildman–Crippen LogP) is 4.32. The van der Waals surface area contributed by atoms with Crippen molar-refractivity contribution in [1.29, 1.82) is 0 Å². The summed E-state index contributed by atoms with van der Waals surface area (Å²) in [5, 5.41) is 1.63. The summed E-state index contributed by atoms with van der Waals surface area (Å²) in [6, 6.07) is 0. The standard InChI is InChI=1S/C15H31NO2/c1-4-5-6-7-8-9-10-11-12-13-14-16(3)18-15(2)17/h4-14H2,1-3H3. The van der Waals surface area contributed by atoms with E-state index >= 15 is 0 Å². The van der Waals surface area contributed by atoms with E-state index in [9.17, 15) is 4.79 Å². The van der Waals surface area contributed by atoms with Gasteiger partial charge in [-0.25, -0.2) is 0 Å². The van der Waals surface area contributed by atoms with Gasteiger partial charge in [-0.15, -0.1) is 5.06 Å². The van der Waals surface area contributed by atoms with Gasteiger partial charge in [-0.3, -0.25) is 4.79 Å². The second kappa shape index (κ2) is 12.9. The van der Waals surface area contributed by atoms with Crippen molar-refractivity contribution in [2.24, 2.45) is 0 Å². The van der Waals surface area contributed by atoms with E-state index in [1.807, 2.05) is 7.05 Å². The summed E-state index contributed by atoms with van der Waals surface area (Å²) in [7, 11) is 1.81. The lowest BCUT2D eigenvalue weighted by Crippen LogP contribution is -2.22. The van der Waals surface area contributed by atoms with Crippen LogP contribution in [0.4, 0.5) is 0 Å². The van der Waals surface area contributed by atoms with Crippen LogP contribution in [0.3, 0.4) is 0 Å². The normalized spacial score (nSPS) is 10.9. The molecule has 0 aromatic carbocycles. The summed E-state index contributed by atoms with van der Waals surface area (Å²) < 4.78 is 0. The van der Waals surface area contributed by atoms with Crippen molar-refractivity contribution < 1.29 is 9.63 Å². The van der Waals surface area contributed by atoms with E-state index in [1.54, 1.807) is 5.06 Å². The highest BCUT2D eigenvalue weighted by Gasteiger charge is 2.01. The van der Waals surface area contributed by atoms with Crippen molar-refractivity contribution >= 4 is 5.97 Å². The van der Waals surface area contributed by atoms with E-state index in [-0.39, 0.29) is 5.97 Å². The third kappa shape index (κ3) is 13.5. The van der Waals surface area contributed by atoms with Crippen molar-refractivity contribution in [3.8, 4) is 0 Å². The maximum atomic E-state index is 10.7. The number of carbonyl (C=O) groups excluding carboxylic acids is 1. The van der Waals surface area contributed by atoms with Gasteiger partial charge in [0.2, 0.25) is 0 Å². The number of nitrogens with zero attached hydrogens (tertiary/aromatic N) is 1. The first-order valence-electron chi connectivity index (χ1n) is 7.56. The Labute approximate surface area is 113 Å². The van der Waals surface area contributed by atoms with E-state index in [1.165, 1.54) is 64.7 Å². The number of rotatable bonds is 12. The fourth-order valence-electron chi connectivity index (χ4n) is 2.09. The summed E-state index contributed by atoms with van der Waals surface area (Å²) in [5.74, 6) is -0.232. The highest BCUT2D eigenvalue weighted by molar-refractivity contribution is 5.65. The summed E-state index contributed by atoms with van der Waals surface area (Å²) in [4.78, 5) is 15.6. The first-order chi connectivity index (χ1) is 8.66. The Bertz CT molecular complexity index is 195. The third-order valence-electron chi connectivity index (χ3n) is 3.11. The van der Waals surface area contributed by atoms with Gasteiger partial charge < -0.3 is 4.84 Å². The van der Waals surface area contributed by atoms with Gasteiger partial charge in [0.05, 0.1) is 0 Å². The smallest absolute Gasteiger partial charge is 0.322 e. The molecule has 0 rings (SSSR count). The van der Waals surface area contributed by atoms with Gasteiger partial charge in [0.25, 0.3) is 0 Å². The van der Waals surface area contributed by atoms with Crippen molar-refractivity contribution in [3.05, 3.63) is 0 Å². The molecule has 108 valence electrons. The molecule has 0 spiro atoms. The molecule has 18 heavy (non-hydrogen) atoms. The van der Waals surface area contributed by atoms with E-state index < -0.39 is 0 Å². The Balaban J connectivity index is 3.09. The number of hydrogen-bond donors (Lipinski definition) is 0. The number of hydrogen-bond acceptors (Lipinski definition) is 3. The molecule has 0 saturated carbocycles. The second-order valence-corrected chi connectivity index (χ2v) is 5.12. The molecule has 0 aromatic rings. The van der Waals surface area contributed by atoms with Crippen molar-refractivity contribution in [1.82, 2.24) is 5.06 Å². The van der Waals surface area contributed by atoms with Gasteiger partial charge in [-0.2, -0.15) is 0 Å². The number of unbranched alkanes of at least 4 members (excludes halogenated alkanes) is 9. The van der Waals surface area contributed by atoms with Crippen molar-refractivity contribution in [3.63, 3.8) is 0 Å². The molecule has 0 aromatic heterocycles. The van der Waals surface area contributed by atoms with E-state index in [0.29, 0.717) is 0 Å². The molecule has 0 saturated heterocycles. The molecule has 0 fully saturated rings. The minimum Gasteiger partial charge on any atom is -0.369 e. The van der Waals surface area contributed by atoms with Gasteiger partial charge in [0, 0.05) is 20.5 Å². The second-order valence-electron chi connectivity index (χ2n) is 5.12. The van der Waals surface area contributed by atoms with Crippen LogP contribution in [-0.2, 0) is 9.63 Å². The first-order valence-corrected chi connectivity index (χ1v) is 7.56. The molecule has 0 N–H and O–H groups in total.